The molecule has 2 nitrogen and oxygen atoms in total. The minimum Gasteiger partial charge on any atom is -0.353 e. The largest absolute Gasteiger partial charge is 0.353 e. The van der Waals surface area contributed by atoms with Crippen LogP contribution in [-0.2, 0) is 4.79 Å². The van der Waals surface area contributed by atoms with Gasteiger partial charge in [-0.2, -0.15) is 0 Å². The van der Waals surface area contributed by atoms with E-state index in [1.54, 1.807) is 12.1 Å². The minimum absolute atomic E-state index is 0.101. The predicted molar refractivity (Wildman–Crippen MR) is 86.0 cm³/mol. The molecule has 21 heavy (non-hydrogen) atoms. The lowest BCUT2D eigenvalue weighted by atomic mass is 9.97. The molecule has 0 unspecified atom stereocenters. The monoisotopic (exact) mass is 309 g/mol. The number of amides is 1. The van der Waals surface area contributed by atoms with Gasteiger partial charge >= 0.3 is 0 Å². The zero-order chi connectivity index (χ0) is 14.9. The molecule has 1 saturated carbocycles. The molecular formula is C17H24FNOS. The maximum atomic E-state index is 13.4. The number of benzene rings is 1. The van der Waals surface area contributed by atoms with Crippen molar-refractivity contribution in [3.8, 4) is 0 Å². The first-order valence-electron chi connectivity index (χ1n) is 7.92. The molecule has 4 heteroatoms. The fraction of sp³-hybridized carbons (Fsp3) is 0.588. The van der Waals surface area contributed by atoms with Crippen molar-refractivity contribution in [1.29, 1.82) is 0 Å². The van der Waals surface area contributed by atoms with Crippen LogP contribution in [0.3, 0.4) is 0 Å². The molecule has 1 amide bonds. The summed E-state index contributed by atoms with van der Waals surface area (Å²) in [7, 11) is 0. The Kier molecular flexibility index (Phi) is 7.07. The maximum Gasteiger partial charge on any atom is 0.221 e. The number of nitrogens with one attached hydrogen (secondary N) is 1. The van der Waals surface area contributed by atoms with E-state index < -0.39 is 0 Å². The average molecular weight is 309 g/mol. The van der Waals surface area contributed by atoms with Crippen LogP contribution in [0.5, 0.6) is 0 Å². The number of carbonyl (C=O) groups excluding carboxylic acids is 1. The van der Waals surface area contributed by atoms with Crippen LogP contribution in [0.25, 0.3) is 0 Å². The third-order valence-corrected chi connectivity index (χ3v) is 4.94. The Hall–Kier alpha value is -1.03. The molecule has 0 radical (unpaired) electrons. The Morgan fingerprint density at radius 3 is 2.52 bits per heavy atom. The van der Waals surface area contributed by atoms with Crippen LogP contribution in [0.2, 0.25) is 0 Å². The molecule has 0 aromatic heterocycles. The quantitative estimate of drug-likeness (QED) is 0.809. The molecule has 2 rings (SSSR count). The SMILES string of the molecule is O=C(CCSc1ccccc1F)NC1CCCCCCC1. The summed E-state index contributed by atoms with van der Waals surface area (Å²) >= 11 is 1.41. The van der Waals surface area contributed by atoms with Crippen LogP contribution in [0.15, 0.2) is 29.2 Å². The van der Waals surface area contributed by atoms with Gasteiger partial charge in [-0.1, -0.05) is 44.2 Å². The smallest absolute Gasteiger partial charge is 0.221 e. The van der Waals surface area contributed by atoms with E-state index in [0.29, 0.717) is 23.1 Å². The van der Waals surface area contributed by atoms with Gasteiger partial charge in [-0.05, 0) is 25.0 Å². The highest BCUT2D eigenvalue weighted by molar-refractivity contribution is 7.99. The van der Waals surface area contributed by atoms with Gasteiger partial charge in [0.05, 0.1) is 0 Å². The van der Waals surface area contributed by atoms with E-state index in [-0.39, 0.29) is 11.7 Å². The van der Waals surface area contributed by atoms with Crippen LogP contribution in [-0.4, -0.2) is 17.7 Å². The summed E-state index contributed by atoms with van der Waals surface area (Å²) in [4.78, 5) is 12.6. The number of hydrogen-bond donors (Lipinski definition) is 1. The van der Waals surface area contributed by atoms with Crippen molar-refractivity contribution in [3.05, 3.63) is 30.1 Å². The maximum absolute atomic E-state index is 13.4. The summed E-state index contributed by atoms with van der Waals surface area (Å²) in [6, 6.07) is 7.06. The molecular weight excluding hydrogens is 285 g/mol. The van der Waals surface area contributed by atoms with Crippen molar-refractivity contribution in [1.82, 2.24) is 5.32 Å². The Bertz CT molecular complexity index is 444. The highest BCUT2D eigenvalue weighted by Crippen LogP contribution is 2.22. The molecule has 0 aliphatic heterocycles. The van der Waals surface area contributed by atoms with Crippen LogP contribution in [0, 0.1) is 5.82 Å². The summed E-state index contributed by atoms with van der Waals surface area (Å²) < 4.78 is 13.4. The van der Waals surface area contributed by atoms with Gasteiger partial charge in [-0.15, -0.1) is 11.8 Å². The van der Waals surface area contributed by atoms with E-state index in [9.17, 15) is 9.18 Å². The third-order valence-electron chi connectivity index (χ3n) is 3.89. The fourth-order valence-electron chi connectivity index (χ4n) is 2.72. The van der Waals surface area contributed by atoms with Gasteiger partial charge in [0.1, 0.15) is 5.82 Å². The third kappa shape index (κ3) is 6.08. The fourth-order valence-corrected chi connectivity index (χ4v) is 3.60. The number of carbonyl (C=O) groups is 1. The second-order valence-corrected chi connectivity index (χ2v) is 6.78. The molecule has 0 saturated heterocycles. The average Bonchev–Trinajstić information content (AvgIpc) is 2.44. The number of rotatable bonds is 5. The first kappa shape index (κ1) is 16.3. The summed E-state index contributed by atoms with van der Waals surface area (Å²) in [6.45, 7) is 0. The second kappa shape index (κ2) is 9.08. The van der Waals surface area contributed by atoms with Gasteiger partial charge in [-0.25, -0.2) is 4.39 Å². The normalized spacial score (nSPS) is 17.0. The van der Waals surface area contributed by atoms with Crippen LogP contribution < -0.4 is 5.32 Å². The molecule has 1 aliphatic rings. The first-order valence-corrected chi connectivity index (χ1v) is 8.91. The lowest BCUT2D eigenvalue weighted by molar-refractivity contribution is -0.121. The summed E-state index contributed by atoms with van der Waals surface area (Å²) in [5.74, 6) is 0.520. The topological polar surface area (TPSA) is 29.1 Å². The van der Waals surface area contributed by atoms with Gasteiger partial charge < -0.3 is 5.32 Å². The van der Waals surface area contributed by atoms with Crippen molar-refractivity contribution >= 4 is 17.7 Å². The molecule has 0 heterocycles. The molecule has 1 aliphatic carbocycles. The van der Waals surface area contributed by atoms with Crippen molar-refractivity contribution in [3.63, 3.8) is 0 Å². The number of hydrogen-bond acceptors (Lipinski definition) is 2. The molecule has 1 N–H and O–H groups in total. The number of thioether (sulfide) groups is 1. The van der Waals surface area contributed by atoms with Crippen molar-refractivity contribution in [2.75, 3.05) is 5.75 Å². The van der Waals surface area contributed by atoms with E-state index >= 15 is 0 Å². The molecule has 116 valence electrons. The standard InChI is InChI=1S/C17H24FNOS/c18-15-10-6-7-11-16(15)21-13-12-17(20)19-14-8-4-2-1-3-5-9-14/h6-7,10-11,14H,1-5,8-9,12-13H2,(H,19,20). The summed E-state index contributed by atoms with van der Waals surface area (Å²) in [5, 5.41) is 3.14. The lowest BCUT2D eigenvalue weighted by Gasteiger charge is -2.21. The Balaban J connectivity index is 1.68. The van der Waals surface area contributed by atoms with Gasteiger partial charge in [0, 0.05) is 23.1 Å². The first-order chi connectivity index (χ1) is 10.3. The van der Waals surface area contributed by atoms with E-state index in [1.807, 2.05) is 6.07 Å². The Morgan fingerprint density at radius 1 is 1.14 bits per heavy atom. The molecule has 0 spiro atoms. The molecule has 0 atom stereocenters. The molecule has 1 aromatic rings. The zero-order valence-electron chi connectivity index (χ0n) is 12.4. The highest BCUT2D eigenvalue weighted by Gasteiger charge is 2.14. The minimum atomic E-state index is -0.206. The van der Waals surface area contributed by atoms with Gasteiger partial charge in [0.2, 0.25) is 5.91 Å². The summed E-state index contributed by atoms with van der Waals surface area (Å²) in [6.07, 6.45) is 9.00. The highest BCUT2D eigenvalue weighted by atomic mass is 32.2. The van der Waals surface area contributed by atoms with E-state index in [0.717, 1.165) is 12.8 Å². The van der Waals surface area contributed by atoms with Crippen LogP contribution in [0.4, 0.5) is 4.39 Å². The molecule has 0 bridgehead atoms. The van der Waals surface area contributed by atoms with Crippen molar-refractivity contribution in [2.45, 2.75) is 62.3 Å². The van der Waals surface area contributed by atoms with Crippen LogP contribution in [0.1, 0.15) is 51.4 Å². The number of halogens is 1. The lowest BCUT2D eigenvalue weighted by Crippen LogP contribution is -2.35. The van der Waals surface area contributed by atoms with Gasteiger partial charge in [0.25, 0.3) is 0 Å². The second-order valence-electron chi connectivity index (χ2n) is 5.64. The molecule has 1 fully saturated rings. The van der Waals surface area contributed by atoms with Gasteiger partial charge in [-0.3, -0.25) is 4.79 Å². The summed E-state index contributed by atoms with van der Waals surface area (Å²) in [5.41, 5.74) is 0. The van der Waals surface area contributed by atoms with E-state index in [2.05, 4.69) is 5.32 Å². The Labute approximate surface area is 130 Å². The van der Waals surface area contributed by atoms with Crippen LogP contribution >= 0.6 is 11.8 Å². The Morgan fingerprint density at radius 2 is 1.81 bits per heavy atom. The van der Waals surface area contributed by atoms with Gasteiger partial charge in [0.15, 0.2) is 0 Å². The van der Waals surface area contributed by atoms with E-state index in [1.165, 1.54) is 49.9 Å². The van der Waals surface area contributed by atoms with Crippen molar-refractivity contribution in [2.24, 2.45) is 0 Å². The molecule has 1 aromatic carbocycles. The van der Waals surface area contributed by atoms with Crippen molar-refractivity contribution < 1.29 is 9.18 Å². The predicted octanol–water partition coefficient (Wildman–Crippen LogP) is 4.54. The van der Waals surface area contributed by atoms with E-state index in [4.69, 9.17) is 0 Å². The zero-order valence-corrected chi connectivity index (χ0v) is 13.3.